The normalized spacial score (nSPS) is 17.2. The lowest BCUT2D eigenvalue weighted by atomic mass is 9.82. The maximum absolute atomic E-state index is 11.9. The van der Waals surface area contributed by atoms with Crippen molar-refractivity contribution in [2.75, 3.05) is 26.9 Å². The third kappa shape index (κ3) is 8.57. The van der Waals surface area contributed by atoms with Crippen molar-refractivity contribution in [2.45, 2.75) is 58.6 Å². The number of ether oxygens (including phenoxy) is 4. The first-order valence-electron chi connectivity index (χ1n) is 14.1. The molecule has 41 heavy (non-hydrogen) atoms. The van der Waals surface area contributed by atoms with Gasteiger partial charge in [0.2, 0.25) is 5.88 Å². The molecule has 3 aromatic rings. The molecule has 0 radical (unpaired) electrons. The molecule has 0 spiro atoms. The summed E-state index contributed by atoms with van der Waals surface area (Å²) >= 11 is 0. The largest absolute Gasteiger partial charge is 0.497 e. The molecule has 0 saturated heterocycles. The molecule has 4 rings (SSSR count). The number of esters is 1. The number of hydrogen-bond acceptors (Lipinski definition) is 7. The number of amides is 1. The van der Waals surface area contributed by atoms with Gasteiger partial charge in [-0.3, -0.25) is 4.79 Å². The van der Waals surface area contributed by atoms with Gasteiger partial charge in [-0.1, -0.05) is 42.5 Å². The van der Waals surface area contributed by atoms with Gasteiger partial charge in [-0.25, -0.2) is 9.48 Å². The van der Waals surface area contributed by atoms with Gasteiger partial charge in [0.15, 0.2) is 6.61 Å². The van der Waals surface area contributed by atoms with Gasteiger partial charge in [-0.15, -0.1) is 0 Å². The number of nitrogens with two attached hydrogens (primary N) is 1. The molecule has 2 N–H and O–H groups in total. The minimum Gasteiger partial charge on any atom is -0.497 e. The van der Waals surface area contributed by atoms with Crippen LogP contribution in [0.2, 0.25) is 0 Å². The van der Waals surface area contributed by atoms with Crippen LogP contribution in [0, 0.1) is 11.8 Å². The summed E-state index contributed by atoms with van der Waals surface area (Å²) in [5.74, 6) is 1.09. The number of hydrogen-bond donors (Lipinski definition) is 1. The summed E-state index contributed by atoms with van der Waals surface area (Å²) in [4.78, 5) is 23.7. The van der Waals surface area contributed by atoms with Crippen LogP contribution < -0.4 is 15.2 Å². The molecular formula is C32H41N3O6. The van der Waals surface area contributed by atoms with Crippen LogP contribution >= 0.6 is 0 Å². The van der Waals surface area contributed by atoms with Crippen molar-refractivity contribution in [2.24, 2.45) is 17.6 Å². The van der Waals surface area contributed by atoms with Crippen LogP contribution in [0.3, 0.4) is 0 Å². The van der Waals surface area contributed by atoms with E-state index in [-0.39, 0.29) is 19.2 Å². The van der Waals surface area contributed by atoms with E-state index in [0.717, 1.165) is 48.1 Å². The summed E-state index contributed by atoms with van der Waals surface area (Å²) in [6.45, 7) is 6.44. The minimum absolute atomic E-state index is 0.0274. The fourth-order valence-electron chi connectivity index (χ4n) is 5.20. The fourth-order valence-corrected chi connectivity index (χ4v) is 5.20. The highest BCUT2D eigenvalue weighted by Gasteiger charge is 2.27. The van der Waals surface area contributed by atoms with Crippen LogP contribution in [0.5, 0.6) is 11.6 Å². The van der Waals surface area contributed by atoms with E-state index in [9.17, 15) is 9.59 Å². The Morgan fingerprint density at radius 2 is 1.63 bits per heavy atom. The topological polar surface area (TPSA) is 115 Å². The molecule has 0 bridgehead atoms. The molecule has 1 aliphatic carbocycles. The number of benzene rings is 2. The van der Waals surface area contributed by atoms with Gasteiger partial charge < -0.3 is 24.7 Å². The number of methoxy groups -OCH3 is 1. The van der Waals surface area contributed by atoms with Crippen LogP contribution in [0.25, 0.3) is 22.4 Å². The first-order valence-corrected chi connectivity index (χ1v) is 14.1. The fraction of sp³-hybridized carbons (Fsp3) is 0.469. The first-order chi connectivity index (χ1) is 19.6. The lowest BCUT2D eigenvalue weighted by molar-refractivity contribution is -0.160. The second-order valence-electron chi connectivity index (χ2n) is 11.6. The molecule has 0 unspecified atom stereocenters. The van der Waals surface area contributed by atoms with Gasteiger partial charge in [-0.2, -0.15) is 5.10 Å². The molecule has 1 amide bonds. The van der Waals surface area contributed by atoms with Crippen molar-refractivity contribution in [1.82, 2.24) is 9.78 Å². The monoisotopic (exact) mass is 563 g/mol. The summed E-state index contributed by atoms with van der Waals surface area (Å²) in [7, 11) is 1.63. The van der Waals surface area contributed by atoms with Gasteiger partial charge in [0.05, 0.1) is 19.3 Å². The van der Waals surface area contributed by atoms with Gasteiger partial charge in [0.1, 0.15) is 23.7 Å². The van der Waals surface area contributed by atoms with E-state index in [1.54, 1.807) is 7.11 Å². The molecule has 0 aliphatic heterocycles. The highest BCUT2D eigenvalue weighted by molar-refractivity contribution is 5.85. The second kappa shape index (κ2) is 13.7. The van der Waals surface area contributed by atoms with Crippen molar-refractivity contribution in [3.63, 3.8) is 0 Å². The molecule has 1 aliphatic rings. The van der Waals surface area contributed by atoms with E-state index in [1.165, 1.54) is 0 Å². The van der Waals surface area contributed by atoms with Crippen LogP contribution in [0.15, 0.2) is 54.6 Å². The van der Waals surface area contributed by atoms with Gasteiger partial charge in [0, 0.05) is 12.1 Å². The molecule has 0 atom stereocenters. The Hall–Kier alpha value is -3.85. The van der Waals surface area contributed by atoms with Crippen LogP contribution in [-0.4, -0.2) is 54.2 Å². The zero-order chi connectivity index (χ0) is 29.4. The average molecular weight is 564 g/mol. The molecule has 1 fully saturated rings. The Morgan fingerprint density at radius 1 is 0.951 bits per heavy atom. The number of carbonyl (C=O) groups excluding carboxylic acids is 2. The number of rotatable bonds is 12. The smallest absolute Gasteiger partial charge is 0.332 e. The molecular weight excluding hydrogens is 522 g/mol. The molecule has 220 valence electrons. The van der Waals surface area contributed by atoms with E-state index >= 15 is 0 Å². The van der Waals surface area contributed by atoms with E-state index < -0.39 is 11.5 Å². The predicted molar refractivity (Wildman–Crippen MR) is 156 cm³/mol. The minimum atomic E-state index is -0.553. The Morgan fingerprint density at radius 3 is 2.29 bits per heavy atom. The quantitative estimate of drug-likeness (QED) is 0.299. The maximum atomic E-state index is 11.9. The van der Waals surface area contributed by atoms with Crippen LogP contribution in [0.1, 0.15) is 46.5 Å². The zero-order valence-electron chi connectivity index (χ0n) is 24.4. The highest BCUT2D eigenvalue weighted by atomic mass is 16.6. The number of primary amides is 1. The summed E-state index contributed by atoms with van der Waals surface area (Å²) in [6.07, 6.45) is 3.97. The number of carbonyl (C=O) groups is 2. The maximum Gasteiger partial charge on any atom is 0.332 e. The average Bonchev–Trinajstić information content (AvgIpc) is 3.30. The number of nitrogens with zero attached hydrogens (tertiary/aromatic N) is 2. The van der Waals surface area contributed by atoms with Gasteiger partial charge in [-0.05, 0) is 76.0 Å². The van der Waals surface area contributed by atoms with Crippen LogP contribution in [-0.2, 0) is 25.6 Å². The summed E-state index contributed by atoms with van der Waals surface area (Å²) in [5.41, 5.74) is 8.34. The van der Waals surface area contributed by atoms with Gasteiger partial charge >= 0.3 is 5.97 Å². The SMILES string of the molecule is COc1cccc(-c2c(-c3ccccc3)nn(CC3CCC(COCC(=O)OC(C)(C)C)CC3)c2OCC(N)=O)c1. The molecule has 9 heteroatoms. The second-order valence-corrected chi connectivity index (χ2v) is 11.6. The van der Waals surface area contributed by atoms with Crippen LogP contribution in [0.4, 0.5) is 0 Å². The third-order valence-electron chi connectivity index (χ3n) is 7.05. The first kappa shape index (κ1) is 30.1. The lowest BCUT2D eigenvalue weighted by Crippen LogP contribution is -2.28. The molecule has 1 heterocycles. The Bertz CT molecular complexity index is 1310. The van der Waals surface area contributed by atoms with Gasteiger partial charge in [0.25, 0.3) is 5.91 Å². The highest BCUT2D eigenvalue weighted by Crippen LogP contribution is 2.41. The standard InChI is InChI=1S/C32H41N3O6/c1-32(2,3)41-28(37)21-39-19-23-15-13-22(14-16-23)18-35-31(40-20-27(33)36)29(25-11-8-12-26(17-25)38-4)30(34-35)24-9-6-5-7-10-24/h5-12,17,22-23H,13-16,18-21H2,1-4H3,(H2,33,36). The summed E-state index contributed by atoms with van der Waals surface area (Å²) in [5, 5.41) is 5.02. The third-order valence-corrected chi connectivity index (χ3v) is 7.05. The molecule has 9 nitrogen and oxygen atoms in total. The summed E-state index contributed by atoms with van der Waals surface area (Å²) < 4.78 is 24.4. The van der Waals surface area contributed by atoms with Crippen molar-refractivity contribution >= 4 is 11.9 Å². The van der Waals surface area contributed by atoms with E-state index in [4.69, 9.17) is 29.8 Å². The summed E-state index contributed by atoms with van der Waals surface area (Å²) in [6, 6.07) is 17.7. The molecule has 2 aromatic carbocycles. The molecule has 1 saturated carbocycles. The zero-order valence-corrected chi connectivity index (χ0v) is 24.4. The predicted octanol–water partition coefficient (Wildman–Crippen LogP) is 5.25. The lowest BCUT2D eigenvalue weighted by Gasteiger charge is -2.28. The van der Waals surface area contributed by atoms with E-state index in [2.05, 4.69) is 0 Å². The molecule has 1 aromatic heterocycles. The Labute approximate surface area is 241 Å². The Balaban J connectivity index is 1.52. The number of aromatic nitrogens is 2. The van der Waals surface area contributed by atoms with E-state index in [1.807, 2.05) is 80.1 Å². The van der Waals surface area contributed by atoms with Crippen molar-refractivity contribution in [1.29, 1.82) is 0 Å². The van der Waals surface area contributed by atoms with Crippen molar-refractivity contribution in [3.05, 3.63) is 54.6 Å². The van der Waals surface area contributed by atoms with Crippen molar-refractivity contribution < 1.29 is 28.5 Å². The Kier molecular flexibility index (Phi) is 10.0. The van der Waals surface area contributed by atoms with Crippen molar-refractivity contribution in [3.8, 4) is 34.0 Å². The van der Waals surface area contributed by atoms with E-state index in [0.29, 0.717) is 36.6 Å².